The van der Waals surface area contributed by atoms with Crippen LogP contribution in [-0.4, -0.2) is 46.8 Å². The number of carbonyl (C=O) groups excluding carboxylic acids is 1. The number of hydrogen-bond acceptors (Lipinski definition) is 5. The molecule has 0 bridgehead atoms. The molecule has 2 aliphatic rings. The first-order valence-electron chi connectivity index (χ1n) is 11.2. The molecule has 1 aromatic heterocycles. The summed E-state index contributed by atoms with van der Waals surface area (Å²) in [6.07, 6.45) is 6.13. The zero-order chi connectivity index (χ0) is 21.9. The Hall–Kier alpha value is -3.32. The molecule has 1 N–H and O–H groups in total. The predicted molar refractivity (Wildman–Crippen MR) is 121 cm³/mol. The van der Waals surface area contributed by atoms with Gasteiger partial charge in [-0.05, 0) is 68.1 Å². The van der Waals surface area contributed by atoms with Crippen LogP contribution in [0, 0.1) is 12.8 Å². The second-order valence-corrected chi connectivity index (χ2v) is 8.57. The van der Waals surface area contributed by atoms with Crippen molar-refractivity contribution in [1.82, 2.24) is 19.8 Å². The van der Waals surface area contributed by atoms with Gasteiger partial charge in [-0.2, -0.15) is 0 Å². The zero-order valence-electron chi connectivity index (χ0n) is 18.3. The van der Waals surface area contributed by atoms with Gasteiger partial charge in [-0.1, -0.05) is 12.1 Å². The number of benzene rings is 2. The summed E-state index contributed by atoms with van der Waals surface area (Å²) >= 11 is 0. The van der Waals surface area contributed by atoms with Crippen LogP contribution in [0.15, 0.2) is 54.9 Å². The van der Waals surface area contributed by atoms with Crippen LogP contribution >= 0.6 is 0 Å². The van der Waals surface area contributed by atoms with Crippen LogP contribution in [0.25, 0.3) is 5.69 Å². The molecule has 166 valence electrons. The highest BCUT2D eigenvalue weighted by Gasteiger charge is 2.23. The number of imidazole rings is 1. The second kappa shape index (κ2) is 9.04. The number of amides is 1. The Morgan fingerprint density at radius 3 is 3.00 bits per heavy atom. The third-order valence-electron chi connectivity index (χ3n) is 6.15. The van der Waals surface area contributed by atoms with Gasteiger partial charge in [0, 0.05) is 36.7 Å². The zero-order valence-corrected chi connectivity index (χ0v) is 18.3. The number of nitrogens with zero attached hydrogens (tertiary/aromatic N) is 3. The maximum Gasteiger partial charge on any atom is 0.251 e. The number of aryl methyl sites for hydroxylation is 1. The average Bonchev–Trinajstić information content (AvgIpc) is 3.46. The molecule has 1 fully saturated rings. The summed E-state index contributed by atoms with van der Waals surface area (Å²) < 4.78 is 12.9. The van der Waals surface area contributed by atoms with E-state index in [1.165, 1.54) is 5.56 Å². The molecule has 5 rings (SSSR count). The third-order valence-corrected chi connectivity index (χ3v) is 6.15. The number of ether oxygens (including phenoxy) is 2. The van der Waals surface area contributed by atoms with Gasteiger partial charge in [0.15, 0.2) is 11.5 Å². The highest BCUT2D eigenvalue weighted by atomic mass is 16.7. The summed E-state index contributed by atoms with van der Waals surface area (Å²) in [7, 11) is 0. The summed E-state index contributed by atoms with van der Waals surface area (Å²) in [5.41, 5.74) is 2.97. The largest absolute Gasteiger partial charge is 0.454 e. The Bertz CT molecular complexity index is 1110. The number of nitrogens with one attached hydrogen (secondary N) is 1. The topological polar surface area (TPSA) is 68.6 Å². The smallest absolute Gasteiger partial charge is 0.251 e. The van der Waals surface area contributed by atoms with Crippen molar-refractivity contribution in [3.63, 3.8) is 0 Å². The first kappa shape index (κ1) is 20.6. The van der Waals surface area contributed by atoms with Gasteiger partial charge in [-0.25, -0.2) is 4.98 Å². The van der Waals surface area contributed by atoms with Crippen LogP contribution in [-0.2, 0) is 6.54 Å². The van der Waals surface area contributed by atoms with Crippen molar-refractivity contribution in [2.75, 3.05) is 26.4 Å². The van der Waals surface area contributed by atoms with E-state index in [0.717, 1.165) is 44.0 Å². The van der Waals surface area contributed by atoms with Crippen LogP contribution < -0.4 is 14.8 Å². The van der Waals surface area contributed by atoms with Gasteiger partial charge in [-0.15, -0.1) is 0 Å². The third kappa shape index (κ3) is 4.48. The summed E-state index contributed by atoms with van der Waals surface area (Å²) in [4.78, 5) is 19.7. The molecule has 0 saturated carbocycles. The molecule has 1 saturated heterocycles. The van der Waals surface area contributed by atoms with E-state index in [-0.39, 0.29) is 12.7 Å². The molecule has 1 amide bonds. The van der Waals surface area contributed by atoms with E-state index < -0.39 is 0 Å². The fourth-order valence-electron chi connectivity index (χ4n) is 4.50. The van der Waals surface area contributed by atoms with Crippen LogP contribution in [0.5, 0.6) is 11.5 Å². The van der Waals surface area contributed by atoms with Crippen molar-refractivity contribution in [2.24, 2.45) is 5.92 Å². The Labute approximate surface area is 188 Å². The molecule has 2 aromatic carbocycles. The summed E-state index contributed by atoms with van der Waals surface area (Å²) in [5, 5.41) is 3.10. The van der Waals surface area contributed by atoms with Crippen molar-refractivity contribution < 1.29 is 14.3 Å². The molecule has 0 spiro atoms. The highest BCUT2D eigenvalue weighted by molar-refractivity contribution is 5.94. The molecule has 1 atom stereocenters. The quantitative estimate of drug-likeness (QED) is 0.645. The van der Waals surface area contributed by atoms with E-state index in [4.69, 9.17) is 9.47 Å². The van der Waals surface area contributed by atoms with Gasteiger partial charge < -0.3 is 19.4 Å². The van der Waals surface area contributed by atoms with Crippen LogP contribution in [0.2, 0.25) is 0 Å². The summed E-state index contributed by atoms with van der Waals surface area (Å²) in [6.45, 7) is 5.77. The molecule has 3 aromatic rings. The van der Waals surface area contributed by atoms with Crippen molar-refractivity contribution in [2.45, 2.75) is 26.3 Å². The van der Waals surface area contributed by atoms with Crippen molar-refractivity contribution in [1.29, 1.82) is 0 Å². The fourth-order valence-corrected chi connectivity index (χ4v) is 4.50. The van der Waals surface area contributed by atoms with Gasteiger partial charge in [0.1, 0.15) is 5.82 Å². The summed E-state index contributed by atoms with van der Waals surface area (Å²) in [6, 6.07) is 13.8. The van der Waals surface area contributed by atoms with E-state index in [2.05, 4.69) is 51.0 Å². The van der Waals surface area contributed by atoms with E-state index >= 15 is 0 Å². The maximum atomic E-state index is 12.6. The fraction of sp³-hybridized carbons (Fsp3) is 0.360. The van der Waals surface area contributed by atoms with E-state index in [0.29, 0.717) is 29.5 Å². The minimum atomic E-state index is -0.0737. The van der Waals surface area contributed by atoms with Gasteiger partial charge >= 0.3 is 0 Å². The van der Waals surface area contributed by atoms with Gasteiger partial charge in [0.25, 0.3) is 5.91 Å². The Kier molecular flexibility index (Phi) is 5.81. The lowest BCUT2D eigenvalue weighted by atomic mass is 9.98. The van der Waals surface area contributed by atoms with Crippen molar-refractivity contribution in [3.05, 3.63) is 71.8 Å². The number of fused-ring (bicyclic) bond motifs is 1. The molecule has 1 unspecified atom stereocenters. The predicted octanol–water partition coefficient (Wildman–Crippen LogP) is 3.55. The second-order valence-electron chi connectivity index (χ2n) is 8.57. The lowest BCUT2D eigenvalue weighted by molar-refractivity contribution is 0.0929. The van der Waals surface area contributed by atoms with Crippen LogP contribution in [0.1, 0.15) is 34.6 Å². The number of likely N-dealkylation sites (tertiary alicyclic amines) is 1. The van der Waals surface area contributed by atoms with Crippen molar-refractivity contribution >= 4 is 5.91 Å². The minimum Gasteiger partial charge on any atom is -0.454 e. The molecular weight excluding hydrogens is 404 g/mol. The molecule has 32 heavy (non-hydrogen) atoms. The number of hydrogen-bond donors (Lipinski definition) is 1. The molecular formula is C25H28N4O3. The number of piperidine rings is 1. The average molecular weight is 433 g/mol. The van der Waals surface area contributed by atoms with Gasteiger partial charge in [0.2, 0.25) is 6.79 Å². The van der Waals surface area contributed by atoms with Crippen molar-refractivity contribution in [3.8, 4) is 17.2 Å². The van der Waals surface area contributed by atoms with E-state index in [9.17, 15) is 4.79 Å². The molecule has 3 heterocycles. The Balaban J connectivity index is 1.18. The lowest BCUT2D eigenvalue weighted by Gasteiger charge is -2.32. The number of carbonyl (C=O) groups is 1. The van der Waals surface area contributed by atoms with Crippen LogP contribution in [0.3, 0.4) is 0 Å². The molecule has 7 nitrogen and oxygen atoms in total. The monoisotopic (exact) mass is 432 g/mol. The normalized spacial score (nSPS) is 18.0. The molecule has 2 aliphatic heterocycles. The number of rotatable bonds is 6. The minimum absolute atomic E-state index is 0.0737. The Morgan fingerprint density at radius 2 is 2.09 bits per heavy atom. The first-order chi connectivity index (χ1) is 15.7. The van der Waals surface area contributed by atoms with Crippen LogP contribution in [0.4, 0.5) is 0 Å². The van der Waals surface area contributed by atoms with Gasteiger partial charge in [-0.3, -0.25) is 9.69 Å². The molecule has 0 radical (unpaired) electrons. The lowest BCUT2D eigenvalue weighted by Crippen LogP contribution is -2.41. The number of aromatic nitrogens is 2. The van der Waals surface area contributed by atoms with E-state index in [1.807, 2.05) is 12.4 Å². The first-order valence-corrected chi connectivity index (χ1v) is 11.2. The molecule has 7 heteroatoms. The van der Waals surface area contributed by atoms with E-state index in [1.54, 1.807) is 18.2 Å². The summed E-state index contributed by atoms with van der Waals surface area (Å²) in [5.74, 6) is 2.71. The Morgan fingerprint density at radius 1 is 1.19 bits per heavy atom. The van der Waals surface area contributed by atoms with Gasteiger partial charge in [0.05, 0.1) is 6.54 Å². The SMILES string of the molecule is Cc1cccc(-n2ccnc2CN2CCCC(CNC(=O)c3ccc4c(c3)OCO4)C2)c1. The standard InChI is InChI=1S/C25H28N4O3/c1-18-4-2-6-21(12-18)29-11-9-26-24(29)16-28-10-3-5-19(15-28)14-27-25(30)20-7-8-22-23(13-20)32-17-31-22/h2,4,6-9,11-13,19H,3,5,10,14-17H2,1H3,(H,27,30). The molecule has 0 aliphatic carbocycles. The highest BCUT2D eigenvalue weighted by Crippen LogP contribution is 2.32. The maximum absolute atomic E-state index is 12.6.